The van der Waals surface area contributed by atoms with Crippen molar-refractivity contribution in [2.24, 2.45) is 0 Å². The zero-order chi connectivity index (χ0) is 14.8. The first-order valence-corrected chi connectivity index (χ1v) is 7.55. The number of allylic oxidation sites excluding steroid dienone is 2. The van der Waals surface area contributed by atoms with Crippen molar-refractivity contribution in [1.82, 2.24) is 0 Å². The Morgan fingerprint density at radius 3 is 2.60 bits per heavy atom. The molecule has 1 aliphatic rings. The first-order chi connectivity index (χ1) is 9.66. The predicted molar refractivity (Wildman–Crippen MR) is 76.5 cm³/mol. The van der Waals surface area contributed by atoms with Gasteiger partial charge in [0, 0.05) is 6.61 Å². The molecule has 4 atom stereocenters. The van der Waals surface area contributed by atoms with Gasteiger partial charge in [-0.15, -0.1) is 0 Å². The number of rotatable bonds is 9. The van der Waals surface area contributed by atoms with Crippen LogP contribution in [0.1, 0.15) is 39.0 Å². The van der Waals surface area contributed by atoms with E-state index in [-0.39, 0.29) is 13.2 Å². The van der Waals surface area contributed by atoms with E-state index in [2.05, 4.69) is 19.1 Å². The van der Waals surface area contributed by atoms with Gasteiger partial charge in [-0.2, -0.15) is 0 Å². The van der Waals surface area contributed by atoms with Crippen molar-refractivity contribution in [3.05, 3.63) is 12.2 Å². The molecule has 0 aromatic heterocycles. The van der Waals surface area contributed by atoms with Gasteiger partial charge in [0.15, 0.2) is 0 Å². The van der Waals surface area contributed by atoms with Crippen LogP contribution in [0, 0.1) is 0 Å². The molecule has 5 heteroatoms. The quantitative estimate of drug-likeness (QED) is 0.436. The molecule has 0 unspecified atom stereocenters. The maximum absolute atomic E-state index is 9.71. The lowest BCUT2D eigenvalue weighted by Gasteiger charge is -2.35. The van der Waals surface area contributed by atoms with Crippen LogP contribution in [0.25, 0.3) is 0 Å². The number of ether oxygens (including phenoxy) is 2. The average molecular weight is 288 g/mol. The minimum absolute atomic E-state index is 0.0362. The summed E-state index contributed by atoms with van der Waals surface area (Å²) < 4.78 is 10.7. The molecule has 0 spiro atoms. The summed E-state index contributed by atoms with van der Waals surface area (Å²) in [5, 5.41) is 28.5. The smallest absolute Gasteiger partial charge is 0.111 e. The first-order valence-electron chi connectivity index (χ1n) is 7.55. The molecule has 1 rings (SSSR count). The maximum Gasteiger partial charge on any atom is 0.111 e. The van der Waals surface area contributed by atoms with Gasteiger partial charge in [-0.25, -0.2) is 0 Å². The van der Waals surface area contributed by atoms with Gasteiger partial charge in [0.2, 0.25) is 0 Å². The molecule has 0 radical (unpaired) electrons. The summed E-state index contributed by atoms with van der Waals surface area (Å²) in [6.45, 7) is 3.06. The Hall–Kier alpha value is -0.460. The van der Waals surface area contributed by atoms with Gasteiger partial charge >= 0.3 is 0 Å². The summed E-state index contributed by atoms with van der Waals surface area (Å²) in [7, 11) is 0. The van der Waals surface area contributed by atoms with E-state index in [0.717, 1.165) is 25.7 Å². The lowest BCUT2D eigenvalue weighted by Crippen LogP contribution is -2.54. The normalized spacial score (nSPS) is 31.0. The van der Waals surface area contributed by atoms with E-state index in [1.54, 1.807) is 0 Å². The summed E-state index contributed by atoms with van der Waals surface area (Å²) in [5.74, 6) is 0. The second kappa shape index (κ2) is 10.3. The average Bonchev–Trinajstić information content (AvgIpc) is 2.45. The first kappa shape index (κ1) is 17.6. The molecule has 0 bridgehead atoms. The fourth-order valence-corrected chi connectivity index (χ4v) is 2.08. The van der Waals surface area contributed by atoms with E-state index < -0.39 is 24.4 Å². The summed E-state index contributed by atoms with van der Waals surface area (Å²) in [6, 6.07) is 0. The lowest BCUT2D eigenvalue weighted by atomic mass is 10.0. The zero-order valence-electron chi connectivity index (χ0n) is 12.3. The molecule has 0 saturated carbocycles. The monoisotopic (exact) mass is 288 g/mol. The highest BCUT2D eigenvalue weighted by Gasteiger charge is 2.37. The Labute approximate surface area is 121 Å². The largest absolute Gasteiger partial charge is 0.388 e. The molecule has 3 N–H and O–H groups in total. The molecule has 1 heterocycles. The van der Waals surface area contributed by atoms with Crippen molar-refractivity contribution in [3.8, 4) is 0 Å². The lowest BCUT2D eigenvalue weighted by molar-refractivity contribution is -0.199. The highest BCUT2D eigenvalue weighted by Crippen LogP contribution is 2.15. The molecule has 1 fully saturated rings. The van der Waals surface area contributed by atoms with Crippen molar-refractivity contribution < 1.29 is 24.8 Å². The van der Waals surface area contributed by atoms with Crippen LogP contribution in [0.5, 0.6) is 0 Å². The summed E-state index contributed by atoms with van der Waals surface area (Å²) in [6.07, 6.45) is 6.03. The van der Waals surface area contributed by atoms with Crippen LogP contribution >= 0.6 is 0 Å². The molecule has 0 amide bonds. The molecule has 118 valence electrons. The van der Waals surface area contributed by atoms with E-state index in [0.29, 0.717) is 6.61 Å². The van der Waals surface area contributed by atoms with E-state index in [9.17, 15) is 15.3 Å². The van der Waals surface area contributed by atoms with Crippen molar-refractivity contribution in [2.45, 2.75) is 63.4 Å². The Bertz CT molecular complexity index is 269. The van der Waals surface area contributed by atoms with Gasteiger partial charge in [-0.1, -0.05) is 25.5 Å². The number of hydrogen-bond donors (Lipinski definition) is 3. The molecular weight excluding hydrogens is 260 g/mol. The Balaban J connectivity index is 2.01. The van der Waals surface area contributed by atoms with Crippen molar-refractivity contribution >= 4 is 0 Å². The van der Waals surface area contributed by atoms with Crippen molar-refractivity contribution in [1.29, 1.82) is 0 Å². The molecule has 20 heavy (non-hydrogen) atoms. The topological polar surface area (TPSA) is 79.2 Å². The molecular formula is C15H28O5. The van der Waals surface area contributed by atoms with Crippen molar-refractivity contribution in [2.75, 3.05) is 19.8 Å². The number of hydrogen-bond acceptors (Lipinski definition) is 5. The Morgan fingerprint density at radius 1 is 1.10 bits per heavy atom. The van der Waals surface area contributed by atoms with Crippen LogP contribution in [0.3, 0.4) is 0 Å². The van der Waals surface area contributed by atoms with Gasteiger partial charge in [-0.05, 0) is 25.7 Å². The summed E-state index contributed by atoms with van der Waals surface area (Å²) in [4.78, 5) is 0. The van der Waals surface area contributed by atoms with Gasteiger partial charge in [0.1, 0.15) is 24.4 Å². The van der Waals surface area contributed by atoms with Crippen LogP contribution in [0.4, 0.5) is 0 Å². The molecule has 1 aliphatic heterocycles. The third-order valence-electron chi connectivity index (χ3n) is 3.42. The summed E-state index contributed by atoms with van der Waals surface area (Å²) >= 11 is 0. The van der Waals surface area contributed by atoms with Gasteiger partial charge in [-0.3, -0.25) is 0 Å². The van der Waals surface area contributed by atoms with E-state index in [4.69, 9.17) is 9.47 Å². The van der Waals surface area contributed by atoms with E-state index >= 15 is 0 Å². The highest BCUT2D eigenvalue weighted by atomic mass is 16.6. The fraction of sp³-hybridized carbons (Fsp3) is 0.867. The van der Waals surface area contributed by atoms with Gasteiger partial charge in [0.25, 0.3) is 0 Å². The van der Waals surface area contributed by atoms with Crippen molar-refractivity contribution in [3.63, 3.8) is 0 Å². The van der Waals surface area contributed by atoms with Crippen LogP contribution < -0.4 is 0 Å². The third-order valence-corrected chi connectivity index (χ3v) is 3.42. The standard InChI is InChI=1S/C15H28O5/c1-2-3-4-5-6-7-8-9-19-11-13-15(18)14(17)12(16)10-20-13/h4-5,12-18H,2-3,6-11H2,1H3/b5-4+/t12-,13+,14+,15+/m0/s1. The molecule has 1 saturated heterocycles. The second-order valence-electron chi connectivity index (χ2n) is 5.25. The third kappa shape index (κ3) is 6.33. The summed E-state index contributed by atoms with van der Waals surface area (Å²) in [5.41, 5.74) is 0. The molecule has 0 aromatic carbocycles. The van der Waals surface area contributed by atoms with Crippen LogP contribution in [-0.4, -0.2) is 59.6 Å². The molecule has 0 aliphatic carbocycles. The van der Waals surface area contributed by atoms with Crippen LogP contribution in [0.2, 0.25) is 0 Å². The van der Waals surface area contributed by atoms with E-state index in [1.807, 2.05) is 0 Å². The molecule has 5 nitrogen and oxygen atoms in total. The second-order valence-corrected chi connectivity index (χ2v) is 5.25. The van der Waals surface area contributed by atoms with E-state index in [1.165, 1.54) is 6.42 Å². The minimum Gasteiger partial charge on any atom is -0.388 e. The van der Waals surface area contributed by atoms with Crippen LogP contribution in [0.15, 0.2) is 12.2 Å². The number of aliphatic hydroxyl groups excluding tert-OH is 3. The SMILES string of the molecule is CCC/C=C/CCCCOC[C@H]1OC[C@H](O)[C@@H](O)[C@@H]1O. The number of aliphatic hydroxyl groups is 3. The fourth-order valence-electron chi connectivity index (χ4n) is 2.08. The molecule has 0 aromatic rings. The maximum atomic E-state index is 9.71. The highest BCUT2D eigenvalue weighted by molar-refractivity contribution is 4.86. The van der Waals surface area contributed by atoms with Gasteiger partial charge in [0.05, 0.1) is 13.2 Å². The minimum atomic E-state index is -1.15. The predicted octanol–water partition coefficient (Wildman–Crippen LogP) is 1.01. The number of unbranched alkanes of at least 4 members (excludes halogenated alkanes) is 3. The zero-order valence-corrected chi connectivity index (χ0v) is 12.3. The van der Waals surface area contributed by atoms with Crippen LogP contribution in [-0.2, 0) is 9.47 Å². The van der Waals surface area contributed by atoms with Gasteiger partial charge < -0.3 is 24.8 Å². The Kier molecular flexibility index (Phi) is 9.05. The Morgan fingerprint density at radius 2 is 1.85 bits per heavy atom.